The molecule has 2 rings (SSSR count). The number of aliphatic hydroxyl groups excluding tert-OH is 1. The summed E-state index contributed by atoms with van der Waals surface area (Å²) in [6.45, 7) is 3.58. The molecule has 0 amide bonds. The molecule has 0 aliphatic carbocycles. The second-order valence-electron chi connectivity index (χ2n) is 3.96. The summed E-state index contributed by atoms with van der Waals surface area (Å²) in [6.07, 6.45) is 0. The van der Waals surface area contributed by atoms with Crippen molar-refractivity contribution in [3.63, 3.8) is 0 Å². The van der Waals surface area contributed by atoms with Crippen molar-refractivity contribution in [3.05, 3.63) is 35.2 Å². The van der Waals surface area contributed by atoms with Crippen LogP contribution in [0.5, 0.6) is 0 Å². The van der Waals surface area contributed by atoms with Gasteiger partial charge in [0.05, 0.1) is 34.6 Å². The van der Waals surface area contributed by atoms with Gasteiger partial charge in [0.15, 0.2) is 0 Å². The number of carbonyl (C=O) groups excluding carboxylic acids is 1. The number of benzene rings is 1. The zero-order valence-corrected chi connectivity index (χ0v) is 10.3. The maximum absolute atomic E-state index is 11.6. The SMILES string of the molecule is Cc1nc2ccc(C(=O)OCCO)cc2nc1C. The van der Waals surface area contributed by atoms with Gasteiger partial charge in [-0.15, -0.1) is 0 Å². The Bertz CT molecular complexity index is 596. The van der Waals surface area contributed by atoms with Gasteiger partial charge < -0.3 is 9.84 Å². The van der Waals surface area contributed by atoms with Crippen LogP contribution in [-0.4, -0.2) is 34.3 Å². The summed E-state index contributed by atoms with van der Waals surface area (Å²) >= 11 is 0. The summed E-state index contributed by atoms with van der Waals surface area (Å²) < 4.78 is 4.84. The van der Waals surface area contributed by atoms with Gasteiger partial charge >= 0.3 is 5.97 Å². The molecule has 0 atom stereocenters. The fourth-order valence-electron chi connectivity index (χ4n) is 1.58. The van der Waals surface area contributed by atoms with E-state index in [2.05, 4.69) is 9.97 Å². The van der Waals surface area contributed by atoms with Crippen LogP contribution in [0.4, 0.5) is 0 Å². The molecule has 0 saturated heterocycles. The molecule has 5 heteroatoms. The van der Waals surface area contributed by atoms with E-state index in [-0.39, 0.29) is 13.2 Å². The Kier molecular flexibility index (Phi) is 3.53. The molecule has 0 unspecified atom stereocenters. The highest BCUT2D eigenvalue weighted by atomic mass is 16.5. The Labute approximate surface area is 104 Å². The van der Waals surface area contributed by atoms with Crippen LogP contribution in [0, 0.1) is 13.8 Å². The van der Waals surface area contributed by atoms with Crippen molar-refractivity contribution in [1.82, 2.24) is 9.97 Å². The Morgan fingerprint density at radius 1 is 1.22 bits per heavy atom. The summed E-state index contributed by atoms with van der Waals surface area (Å²) in [4.78, 5) is 20.4. The third kappa shape index (κ3) is 2.46. The van der Waals surface area contributed by atoms with E-state index in [4.69, 9.17) is 9.84 Å². The first-order valence-corrected chi connectivity index (χ1v) is 5.65. The third-order valence-electron chi connectivity index (χ3n) is 2.64. The first kappa shape index (κ1) is 12.4. The van der Waals surface area contributed by atoms with E-state index in [1.165, 1.54) is 0 Å². The lowest BCUT2D eigenvalue weighted by molar-refractivity contribution is 0.0434. The monoisotopic (exact) mass is 246 g/mol. The van der Waals surface area contributed by atoms with Gasteiger partial charge in [-0.3, -0.25) is 0 Å². The van der Waals surface area contributed by atoms with E-state index >= 15 is 0 Å². The molecule has 0 saturated carbocycles. The molecule has 1 N–H and O–H groups in total. The molecule has 18 heavy (non-hydrogen) atoms. The zero-order valence-electron chi connectivity index (χ0n) is 10.3. The Hall–Kier alpha value is -2.01. The summed E-state index contributed by atoms with van der Waals surface area (Å²) in [5.41, 5.74) is 3.53. The van der Waals surface area contributed by atoms with Crippen LogP contribution in [0.1, 0.15) is 21.7 Å². The highest BCUT2D eigenvalue weighted by molar-refractivity contribution is 5.93. The minimum atomic E-state index is -0.467. The minimum absolute atomic E-state index is 0.00449. The second kappa shape index (κ2) is 5.10. The van der Waals surface area contributed by atoms with Crippen LogP contribution in [0.15, 0.2) is 18.2 Å². The van der Waals surface area contributed by atoms with Crippen molar-refractivity contribution in [1.29, 1.82) is 0 Å². The molecule has 0 fully saturated rings. The predicted molar refractivity (Wildman–Crippen MR) is 66.4 cm³/mol. The summed E-state index contributed by atoms with van der Waals surface area (Å²) in [5, 5.41) is 8.60. The van der Waals surface area contributed by atoms with Gasteiger partial charge in [0, 0.05) is 0 Å². The van der Waals surface area contributed by atoms with Crippen molar-refractivity contribution < 1.29 is 14.6 Å². The van der Waals surface area contributed by atoms with E-state index in [0.717, 1.165) is 16.9 Å². The zero-order chi connectivity index (χ0) is 13.1. The van der Waals surface area contributed by atoms with Crippen LogP contribution in [0.3, 0.4) is 0 Å². The fraction of sp³-hybridized carbons (Fsp3) is 0.308. The highest BCUT2D eigenvalue weighted by Crippen LogP contribution is 2.15. The van der Waals surface area contributed by atoms with Crippen molar-refractivity contribution >= 4 is 17.0 Å². The molecule has 0 aliphatic heterocycles. The molecule has 0 bridgehead atoms. The standard InChI is InChI=1S/C13H14N2O3/c1-8-9(2)15-12-7-10(3-4-11(12)14-8)13(17)18-6-5-16/h3-4,7,16H,5-6H2,1-2H3. The molecule has 5 nitrogen and oxygen atoms in total. The summed E-state index contributed by atoms with van der Waals surface area (Å²) in [7, 11) is 0. The number of hydrogen-bond acceptors (Lipinski definition) is 5. The average molecular weight is 246 g/mol. The largest absolute Gasteiger partial charge is 0.460 e. The molecule has 1 aromatic heterocycles. The Morgan fingerprint density at radius 3 is 2.56 bits per heavy atom. The number of aliphatic hydroxyl groups is 1. The van der Waals surface area contributed by atoms with Crippen molar-refractivity contribution in [2.45, 2.75) is 13.8 Å². The quantitative estimate of drug-likeness (QED) is 0.829. The molecule has 0 aliphatic rings. The van der Waals surface area contributed by atoms with Crippen molar-refractivity contribution in [3.8, 4) is 0 Å². The van der Waals surface area contributed by atoms with Gasteiger partial charge in [0.2, 0.25) is 0 Å². The number of carbonyl (C=O) groups is 1. The molecule has 1 heterocycles. The maximum Gasteiger partial charge on any atom is 0.338 e. The van der Waals surface area contributed by atoms with Gasteiger partial charge in [-0.1, -0.05) is 0 Å². The van der Waals surface area contributed by atoms with E-state index in [0.29, 0.717) is 11.1 Å². The minimum Gasteiger partial charge on any atom is -0.460 e. The lowest BCUT2D eigenvalue weighted by Crippen LogP contribution is -2.09. The predicted octanol–water partition coefficient (Wildman–Crippen LogP) is 1.40. The number of aryl methyl sites for hydroxylation is 2. The molecule has 94 valence electrons. The maximum atomic E-state index is 11.6. The lowest BCUT2D eigenvalue weighted by atomic mass is 10.2. The number of aromatic nitrogens is 2. The third-order valence-corrected chi connectivity index (χ3v) is 2.64. The van der Waals surface area contributed by atoms with Crippen molar-refractivity contribution in [2.24, 2.45) is 0 Å². The smallest absolute Gasteiger partial charge is 0.338 e. The molecular formula is C13H14N2O3. The van der Waals surface area contributed by atoms with Crippen LogP contribution in [0.2, 0.25) is 0 Å². The fourth-order valence-corrected chi connectivity index (χ4v) is 1.58. The van der Waals surface area contributed by atoms with Crippen molar-refractivity contribution in [2.75, 3.05) is 13.2 Å². The molecule has 2 aromatic rings. The molecule has 1 aromatic carbocycles. The van der Waals surface area contributed by atoms with E-state index in [9.17, 15) is 4.79 Å². The molecule has 0 spiro atoms. The van der Waals surface area contributed by atoms with E-state index in [1.54, 1.807) is 18.2 Å². The first-order chi connectivity index (χ1) is 8.61. The lowest BCUT2D eigenvalue weighted by Gasteiger charge is -2.05. The Morgan fingerprint density at radius 2 is 1.89 bits per heavy atom. The van der Waals surface area contributed by atoms with Crippen LogP contribution in [-0.2, 0) is 4.74 Å². The van der Waals surface area contributed by atoms with E-state index < -0.39 is 5.97 Å². The Balaban J connectivity index is 2.38. The number of esters is 1. The first-order valence-electron chi connectivity index (χ1n) is 5.65. The number of nitrogens with zero attached hydrogens (tertiary/aromatic N) is 2. The number of hydrogen-bond donors (Lipinski definition) is 1. The molecular weight excluding hydrogens is 232 g/mol. The highest BCUT2D eigenvalue weighted by Gasteiger charge is 2.09. The topological polar surface area (TPSA) is 72.3 Å². The molecule has 0 radical (unpaired) electrons. The normalized spacial score (nSPS) is 10.6. The van der Waals surface area contributed by atoms with Crippen LogP contribution >= 0.6 is 0 Å². The second-order valence-corrected chi connectivity index (χ2v) is 3.96. The van der Waals surface area contributed by atoms with Gasteiger partial charge in [0.1, 0.15) is 6.61 Å². The average Bonchev–Trinajstić information content (AvgIpc) is 2.36. The number of ether oxygens (including phenoxy) is 1. The van der Waals surface area contributed by atoms with E-state index in [1.807, 2.05) is 13.8 Å². The van der Waals surface area contributed by atoms with Gasteiger partial charge in [0.25, 0.3) is 0 Å². The van der Waals surface area contributed by atoms with Crippen LogP contribution in [0.25, 0.3) is 11.0 Å². The number of rotatable bonds is 3. The summed E-state index contributed by atoms with van der Waals surface area (Å²) in [5.74, 6) is -0.467. The van der Waals surface area contributed by atoms with Crippen LogP contribution < -0.4 is 0 Å². The van der Waals surface area contributed by atoms with Gasteiger partial charge in [-0.05, 0) is 32.0 Å². The van der Waals surface area contributed by atoms with Gasteiger partial charge in [-0.25, -0.2) is 14.8 Å². The summed E-state index contributed by atoms with van der Waals surface area (Å²) in [6, 6.07) is 5.03. The van der Waals surface area contributed by atoms with Gasteiger partial charge in [-0.2, -0.15) is 0 Å². The number of fused-ring (bicyclic) bond motifs is 1.